The van der Waals surface area contributed by atoms with Crippen molar-refractivity contribution in [2.45, 2.75) is 57.2 Å². The van der Waals surface area contributed by atoms with Gasteiger partial charge >= 0.3 is 0 Å². The maximum atomic E-state index is 11.7. The van der Waals surface area contributed by atoms with E-state index in [9.17, 15) is 4.79 Å². The number of nitrogens with one attached hydrogen (secondary N) is 2. The molecule has 3 aromatic rings. The summed E-state index contributed by atoms with van der Waals surface area (Å²) in [4.78, 5) is 22.1. The molecule has 0 spiro atoms. The molecule has 2 aliphatic heterocycles. The molecule has 2 fully saturated rings. The Labute approximate surface area is 176 Å². The first kappa shape index (κ1) is 18.3. The minimum atomic E-state index is -0.183. The zero-order valence-corrected chi connectivity index (χ0v) is 17.5. The molecule has 5 nitrogen and oxygen atoms in total. The number of hydrogen-bond acceptors (Lipinski definition) is 4. The third-order valence-electron chi connectivity index (χ3n) is 7.50. The fourth-order valence-corrected chi connectivity index (χ4v) is 5.43. The number of rotatable bonds is 4. The number of aldehydes is 1. The van der Waals surface area contributed by atoms with E-state index in [1.807, 2.05) is 12.4 Å². The van der Waals surface area contributed by atoms with Gasteiger partial charge in [-0.05, 0) is 85.5 Å². The van der Waals surface area contributed by atoms with Crippen LogP contribution in [-0.2, 0) is 17.8 Å². The van der Waals surface area contributed by atoms with Crippen molar-refractivity contribution in [3.05, 3.63) is 52.8 Å². The first-order valence-electron chi connectivity index (χ1n) is 11.2. The first-order valence-corrected chi connectivity index (χ1v) is 11.2. The fraction of sp³-hybridized carbons (Fsp3) is 0.440. The van der Waals surface area contributed by atoms with Gasteiger partial charge in [0.15, 0.2) is 0 Å². The monoisotopic (exact) mass is 400 g/mol. The lowest BCUT2D eigenvalue weighted by atomic mass is 9.86. The topological polar surface area (TPSA) is 61.0 Å². The maximum absolute atomic E-state index is 11.7. The van der Waals surface area contributed by atoms with E-state index in [-0.39, 0.29) is 5.54 Å². The second-order valence-corrected chi connectivity index (χ2v) is 9.34. The Morgan fingerprint density at radius 2 is 2.13 bits per heavy atom. The molecular formula is C25H28N4O. The molecule has 1 saturated heterocycles. The minimum absolute atomic E-state index is 0.183. The summed E-state index contributed by atoms with van der Waals surface area (Å²) in [6.45, 7) is 5.08. The molecule has 0 amide bonds. The molecule has 0 bridgehead atoms. The third kappa shape index (κ3) is 2.83. The Balaban J connectivity index is 1.45. The fourth-order valence-electron chi connectivity index (χ4n) is 5.43. The molecule has 2 aromatic heterocycles. The van der Waals surface area contributed by atoms with E-state index >= 15 is 0 Å². The normalized spacial score (nSPS) is 22.9. The molecule has 1 aliphatic carbocycles. The number of aryl methyl sites for hydroxylation is 1. The Morgan fingerprint density at radius 1 is 1.23 bits per heavy atom. The summed E-state index contributed by atoms with van der Waals surface area (Å²) in [5.74, 6) is 0. The van der Waals surface area contributed by atoms with Crippen LogP contribution in [0.15, 0.2) is 30.6 Å². The summed E-state index contributed by atoms with van der Waals surface area (Å²) in [5, 5.41) is 4.90. The van der Waals surface area contributed by atoms with Gasteiger partial charge in [0.25, 0.3) is 0 Å². The molecular weight excluding hydrogens is 372 g/mol. The number of aromatic nitrogens is 2. The Kier molecular flexibility index (Phi) is 4.12. The molecule has 30 heavy (non-hydrogen) atoms. The summed E-state index contributed by atoms with van der Waals surface area (Å²) in [5.41, 5.74) is 8.76. The molecule has 5 heteroatoms. The van der Waals surface area contributed by atoms with Crippen LogP contribution in [0.5, 0.6) is 0 Å². The van der Waals surface area contributed by atoms with Crippen LogP contribution < -0.4 is 5.32 Å². The molecule has 0 radical (unpaired) electrons. The van der Waals surface area contributed by atoms with Crippen molar-refractivity contribution in [2.75, 3.05) is 13.1 Å². The van der Waals surface area contributed by atoms with Crippen LogP contribution in [0.25, 0.3) is 22.2 Å². The first-order chi connectivity index (χ1) is 14.7. The van der Waals surface area contributed by atoms with Gasteiger partial charge in [-0.15, -0.1) is 0 Å². The van der Waals surface area contributed by atoms with Gasteiger partial charge in [0.2, 0.25) is 0 Å². The number of hydrogen-bond donors (Lipinski definition) is 2. The molecule has 3 aliphatic rings. The highest BCUT2D eigenvalue weighted by Crippen LogP contribution is 2.44. The van der Waals surface area contributed by atoms with Crippen molar-refractivity contribution in [2.24, 2.45) is 0 Å². The standard InChI is InChI=1S/C25H28N4O/c1-16-12-27-24-20(16)11-19(13-28-24)18-9-17-4-8-29(25(15-30)5-6-25)14-22(17)21(10-18)23-3-2-7-26-23/h9-13,15,23,26H,2-8,14H2,1H3,(H,27,28)/t23-/m0/s1. The summed E-state index contributed by atoms with van der Waals surface area (Å²) >= 11 is 0. The van der Waals surface area contributed by atoms with Crippen molar-refractivity contribution in [3.63, 3.8) is 0 Å². The van der Waals surface area contributed by atoms with Gasteiger partial charge in [0.05, 0.1) is 5.54 Å². The minimum Gasteiger partial charge on any atom is -0.346 e. The van der Waals surface area contributed by atoms with E-state index in [4.69, 9.17) is 0 Å². The lowest BCUT2D eigenvalue weighted by Crippen LogP contribution is -2.42. The molecule has 1 saturated carbocycles. The van der Waals surface area contributed by atoms with Gasteiger partial charge in [-0.3, -0.25) is 4.90 Å². The Morgan fingerprint density at radius 3 is 2.90 bits per heavy atom. The van der Waals surface area contributed by atoms with Gasteiger partial charge in [0.1, 0.15) is 11.9 Å². The number of aromatic amines is 1. The van der Waals surface area contributed by atoms with E-state index in [0.29, 0.717) is 6.04 Å². The van der Waals surface area contributed by atoms with Crippen LogP contribution in [0.2, 0.25) is 0 Å². The summed E-state index contributed by atoms with van der Waals surface area (Å²) in [6.07, 6.45) is 10.7. The highest BCUT2D eigenvalue weighted by molar-refractivity contribution is 5.84. The van der Waals surface area contributed by atoms with Crippen LogP contribution in [0, 0.1) is 6.92 Å². The zero-order chi connectivity index (χ0) is 20.3. The zero-order valence-electron chi connectivity index (χ0n) is 17.5. The lowest BCUT2D eigenvalue weighted by Gasteiger charge is -2.35. The molecule has 2 N–H and O–H groups in total. The van der Waals surface area contributed by atoms with Gasteiger partial charge < -0.3 is 15.1 Å². The van der Waals surface area contributed by atoms with Crippen molar-refractivity contribution < 1.29 is 4.79 Å². The van der Waals surface area contributed by atoms with Crippen molar-refractivity contribution >= 4 is 17.3 Å². The maximum Gasteiger partial charge on any atom is 0.140 e. The van der Waals surface area contributed by atoms with Gasteiger partial charge in [-0.1, -0.05) is 6.07 Å². The van der Waals surface area contributed by atoms with Gasteiger partial charge in [0, 0.05) is 42.5 Å². The highest BCUT2D eigenvalue weighted by Gasteiger charge is 2.49. The number of benzene rings is 1. The smallest absolute Gasteiger partial charge is 0.140 e. The average Bonchev–Trinajstić information content (AvgIpc) is 3.22. The number of H-pyrrole nitrogens is 1. The van der Waals surface area contributed by atoms with Crippen molar-refractivity contribution in [1.29, 1.82) is 0 Å². The van der Waals surface area contributed by atoms with Crippen LogP contribution in [0.1, 0.15) is 54.0 Å². The molecule has 4 heterocycles. The van der Waals surface area contributed by atoms with Crippen molar-refractivity contribution in [1.82, 2.24) is 20.2 Å². The van der Waals surface area contributed by atoms with E-state index in [0.717, 1.165) is 44.5 Å². The van der Waals surface area contributed by atoms with Crippen LogP contribution in [0.3, 0.4) is 0 Å². The Bertz CT molecular complexity index is 1140. The number of pyridine rings is 1. The lowest BCUT2D eigenvalue weighted by molar-refractivity contribution is -0.114. The predicted molar refractivity (Wildman–Crippen MR) is 118 cm³/mol. The highest BCUT2D eigenvalue weighted by atomic mass is 16.1. The van der Waals surface area contributed by atoms with Crippen molar-refractivity contribution in [3.8, 4) is 11.1 Å². The molecule has 0 unspecified atom stereocenters. The predicted octanol–water partition coefficient (Wildman–Crippen LogP) is 4.05. The molecule has 154 valence electrons. The van der Waals surface area contributed by atoms with E-state index in [1.54, 1.807) is 0 Å². The Hall–Kier alpha value is -2.50. The number of fused-ring (bicyclic) bond motifs is 2. The number of nitrogens with zero attached hydrogens (tertiary/aromatic N) is 2. The van der Waals surface area contributed by atoms with E-state index in [2.05, 4.69) is 45.3 Å². The van der Waals surface area contributed by atoms with Crippen LogP contribution in [-0.4, -0.2) is 39.8 Å². The van der Waals surface area contributed by atoms with Crippen LogP contribution in [0.4, 0.5) is 0 Å². The second-order valence-electron chi connectivity index (χ2n) is 9.34. The summed E-state index contributed by atoms with van der Waals surface area (Å²) < 4.78 is 0. The average molecular weight is 401 g/mol. The van der Waals surface area contributed by atoms with E-state index < -0.39 is 0 Å². The third-order valence-corrected chi connectivity index (χ3v) is 7.50. The number of carbonyl (C=O) groups excluding carboxylic acids is 1. The summed E-state index contributed by atoms with van der Waals surface area (Å²) in [7, 11) is 0. The van der Waals surface area contributed by atoms with E-state index in [1.165, 1.54) is 57.9 Å². The summed E-state index contributed by atoms with van der Waals surface area (Å²) in [6, 6.07) is 7.44. The molecule has 1 aromatic carbocycles. The molecule has 6 rings (SSSR count). The van der Waals surface area contributed by atoms with Crippen LogP contribution >= 0.6 is 0 Å². The SMILES string of the molecule is Cc1c[nH]c2ncc(-c3cc4c(c([C@@H]5CCCN5)c3)CN(C3(C=O)CC3)CC4)cc12. The molecule has 1 atom stereocenters. The second kappa shape index (κ2) is 6.76. The largest absolute Gasteiger partial charge is 0.346 e. The van der Waals surface area contributed by atoms with Gasteiger partial charge in [-0.2, -0.15) is 0 Å². The van der Waals surface area contributed by atoms with Gasteiger partial charge in [-0.25, -0.2) is 4.98 Å². The number of carbonyl (C=O) groups is 1. The quantitative estimate of drug-likeness (QED) is 0.649.